The minimum Gasteiger partial charge on any atom is -0.463 e. The number of carbonyl (C=O) groups excluding carboxylic acids is 1. The highest BCUT2D eigenvalue weighted by molar-refractivity contribution is 5.94. The molecule has 1 amide bonds. The first-order valence-corrected chi connectivity index (χ1v) is 11.4. The summed E-state index contributed by atoms with van der Waals surface area (Å²) in [7, 11) is 1.58. The van der Waals surface area contributed by atoms with Crippen LogP contribution < -0.4 is 15.6 Å². The number of nitrogens with one attached hydrogen (secondary N) is 3. The van der Waals surface area contributed by atoms with Crippen molar-refractivity contribution < 1.29 is 18.7 Å². The number of halogens is 1. The van der Waals surface area contributed by atoms with Gasteiger partial charge in [0.1, 0.15) is 5.75 Å². The summed E-state index contributed by atoms with van der Waals surface area (Å²) in [5.74, 6) is 0.0128. The first-order valence-electron chi connectivity index (χ1n) is 11.4. The number of aromatic nitrogens is 3. The molecule has 36 heavy (non-hydrogen) atoms. The van der Waals surface area contributed by atoms with Crippen LogP contribution in [-0.4, -0.2) is 35.1 Å². The van der Waals surface area contributed by atoms with E-state index in [-0.39, 0.29) is 30.3 Å². The second-order valence-corrected chi connectivity index (χ2v) is 8.20. The maximum absolute atomic E-state index is 13.0. The predicted octanol–water partition coefficient (Wildman–Crippen LogP) is 3.66. The van der Waals surface area contributed by atoms with E-state index in [4.69, 9.17) is 9.47 Å². The van der Waals surface area contributed by atoms with E-state index in [1.54, 1.807) is 43.6 Å². The van der Waals surface area contributed by atoms with Gasteiger partial charge in [0.15, 0.2) is 5.69 Å². The molecule has 0 bridgehead atoms. The molecule has 0 saturated carbocycles. The van der Waals surface area contributed by atoms with Gasteiger partial charge in [-0.1, -0.05) is 48.5 Å². The lowest BCUT2D eigenvalue weighted by Gasteiger charge is -2.11. The molecule has 0 aliphatic rings. The van der Waals surface area contributed by atoms with Gasteiger partial charge in [-0.05, 0) is 23.3 Å². The number of benzene rings is 2. The number of pyridine rings is 1. The average Bonchev–Trinajstić information content (AvgIpc) is 3.28. The number of ether oxygens (including phenoxy) is 2. The van der Waals surface area contributed by atoms with Crippen molar-refractivity contribution in [3.8, 4) is 5.75 Å². The Labute approximate surface area is 207 Å². The number of carbonyl (C=O) groups is 1. The first-order chi connectivity index (χ1) is 17.6. The zero-order valence-corrected chi connectivity index (χ0v) is 19.8. The number of alkyl halides is 1. The van der Waals surface area contributed by atoms with Crippen molar-refractivity contribution >= 4 is 5.91 Å². The summed E-state index contributed by atoms with van der Waals surface area (Å²) in [6.45, 7) is -0.513. The third-order valence-corrected chi connectivity index (χ3v) is 5.78. The minimum absolute atomic E-state index is 0.0984. The first kappa shape index (κ1) is 24.9. The van der Waals surface area contributed by atoms with Gasteiger partial charge in [0.2, 0.25) is 6.86 Å². The third-order valence-electron chi connectivity index (χ3n) is 5.78. The van der Waals surface area contributed by atoms with Crippen LogP contribution in [0.2, 0.25) is 0 Å². The smallest absolute Gasteiger partial charge is 0.272 e. The van der Waals surface area contributed by atoms with E-state index >= 15 is 0 Å². The number of H-pyrrole nitrogens is 2. The van der Waals surface area contributed by atoms with Crippen LogP contribution in [0.5, 0.6) is 5.75 Å². The predicted molar refractivity (Wildman–Crippen MR) is 133 cm³/mol. The molecular formula is C27H27FN4O4. The van der Waals surface area contributed by atoms with E-state index in [1.807, 2.05) is 30.3 Å². The summed E-state index contributed by atoms with van der Waals surface area (Å²) in [4.78, 5) is 27.7. The Bertz CT molecular complexity index is 1360. The standard InChI is InChI=1S/C27H27FN4O4/c1-35-16-23-22(14-19-10-8-18(9-11-19)13-20-6-4-12-29-26(20)33)25(32-31-23)27(34)30-15-21-5-2-3-7-24(21)36-17-28/h2-12H,13-17H2,1H3,(H,29,33)(H,30,34)(H,31,32). The number of nitrogens with zero attached hydrogens (tertiary/aromatic N) is 1. The molecule has 2 aromatic carbocycles. The quantitative estimate of drug-likeness (QED) is 0.297. The van der Waals surface area contributed by atoms with Crippen LogP contribution in [0.15, 0.2) is 71.7 Å². The summed E-state index contributed by atoms with van der Waals surface area (Å²) in [5.41, 5.74) is 4.95. The van der Waals surface area contributed by atoms with Crippen LogP contribution in [0.1, 0.15) is 44.0 Å². The van der Waals surface area contributed by atoms with Gasteiger partial charge in [0.25, 0.3) is 11.5 Å². The van der Waals surface area contributed by atoms with Gasteiger partial charge in [-0.15, -0.1) is 0 Å². The van der Waals surface area contributed by atoms with E-state index in [2.05, 4.69) is 20.5 Å². The largest absolute Gasteiger partial charge is 0.463 e. The number of rotatable bonds is 11. The second-order valence-electron chi connectivity index (χ2n) is 8.20. The minimum atomic E-state index is -0.949. The van der Waals surface area contributed by atoms with Gasteiger partial charge in [0, 0.05) is 49.4 Å². The van der Waals surface area contributed by atoms with Gasteiger partial charge < -0.3 is 19.8 Å². The molecule has 0 saturated heterocycles. The van der Waals surface area contributed by atoms with Gasteiger partial charge in [-0.25, -0.2) is 4.39 Å². The van der Waals surface area contributed by atoms with Gasteiger partial charge in [-0.3, -0.25) is 14.7 Å². The lowest BCUT2D eigenvalue weighted by atomic mass is 9.99. The maximum Gasteiger partial charge on any atom is 0.272 e. The van der Waals surface area contributed by atoms with Gasteiger partial charge in [0.05, 0.1) is 12.3 Å². The molecule has 186 valence electrons. The number of methoxy groups -OCH3 is 1. The fourth-order valence-corrected chi connectivity index (χ4v) is 3.95. The number of hydrogen-bond donors (Lipinski definition) is 3. The van der Waals surface area contributed by atoms with Crippen molar-refractivity contribution in [2.45, 2.75) is 26.0 Å². The van der Waals surface area contributed by atoms with Crippen LogP contribution in [-0.2, 0) is 30.7 Å². The van der Waals surface area contributed by atoms with Crippen molar-refractivity contribution in [2.75, 3.05) is 14.0 Å². The molecule has 0 atom stereocenters. The Morgan fingerprint density at radius 1 is 1.00 bits per heavy atom. The fourth-order valence-electron chi connectivity index (χ4n) is 3.95. The second kappa shape index (κ2) is 11.9. The summed E-state index contributed by atoms with van der Waals surface area (Å²) < 4.78 is 22.9. The molecule has 9 heteroatoms. The topological polar surface area (TPSA) is 109 Å². The summed E-state index contributed by atoms with van der Waals surface area (Å²) in [6, 6.07) is 18.4. The third kappa shape index (κ3) is 6.05. The Hall–Kier alpha value is -4.24. The van der Waals surface area contributed by atoms with Crippen molar-refractivity contribution in [3.05, 3.63) is 116 Å². The Kier molecular flexibility index (Phi) is 8.25. The fraction of sp³-hybridized carbons (Fsp3) is 0.222. The molecule has 0 unspecified atom stereocenters. The molecule has 2 aromatic heterocycles. The van der Waals surface area contributed by atoms with Crippen LogP contribution in [0, 0.1) is 0 Å². The van der Waals surface area contributed by atoms with E-state index in [1.165, 1.54) is 0 Å². The van der Waals surface area contributed by atoms with Crippen LogP contribution >= 0.6 is 0 Å². The molecule has 4 aromatic rings. The van der Waals surface area contributed by atoms with Crippen molar-refractivity contribution in [1.82, 2.24) is 20.5 Å². The molecule has 0 radical (unpaired) electrons. The highest BCUT2D eigenvalue weighted by Crippen LogP contribution is 2.21. The van der Waals surface area contributed by atoms with E-state index in [0.717, 1.165) is 16.7 Å². The van der Waals surface area contributed by atoms with Crippen molar-refractivity contribution in [2.24, 2.45) is 0 Å². The Balaban J connectivity index is 1.49. The number of amides is 1. The van der Waals surface area contributed by atoms with Gasteiger partial charge >= 0.3 is 0 Å². The average molecular weight is 491 g/mol. The summed E-state index contributed by atoms with van der Waals surface area (Å²) in [6.07, 6.45) is 2.60. The van der Waals surface area contributed by atoms with E-state index < -0.39 is 6.86 Å². The monoisotopic (exact) mass is 490 g/mol. The molecule has 0 aliphatic carbocycles. The molecular weight excluding hydrogens is 463 g/mol. The summed E-state index contributed by atoms with van der Waals surface area (Å²) in [5, 5.41) is 9.99. The maximum atomic E-state index is 13.0. The number of para-hydroxylation sites is 1. The molecule has 8 nitrogen and oxygen atoms in total. The zero-order valence-electron chi connectivity index (χ0n) is 19.8. The van der Waals surface area contributed by atoms with Crippen molar-refractivity contribution in [3.63, 3.8) is 0 Å². The lowest BCUT2D eigenvalue weighted by Crippen LogP contribution is -2.24. The lowest BCUT2D eigenvalue weighted by molar-refractivity contribution is 0.0944. The number of aromatic amines is 2. The van der Waals surface area contributed by atoms with Gasteiger partial charge in [-0.2, -0.15) is 5.10 Å². The van der Waals surface area contributed by atoms with E-state index in [9.17, 15) is 14.0 Å². The Morgan fingerprint density at radius 3 is 2.44 bits per heavy atom. The van der Waals surface area contributed by atoms with Crippen LogP contribution in [0.4, 0.5) is 4.39 Å². The van der Waals surface area contributed by atoms with Crippen LogP contribution in [0.3, 0.4) is 0 Å². The molecule has 0 aliphatic heterocycles. The molecule has 0 fully saturated rings. The zero-order chi connectivity index (χ0) is 25.3. The van der Waals surface area contributed by atoms with Crippen molar-refractivity contribution in [1.29, 1.82) is 0 Å². The molecule has 4 rings (SSSR count). The SMILES string of the molecule is COCc1[nH]nc(C(=O)NCc2ccccc2OCF)c1Cc1ccc(Cc2ccc[nH]c2=O)cc1. The van der Waals surface area contributed by atoms with E-state index in [0.29, 0.717) is 35.4 Å². The molecule has 0 spiro atoms. The normalized spacial score (nSPS) is 10.8. The summed E-state index contributed by atoms with van der Waals surface area (Å²) >= 11 is 0. The number of hydrogen-bond acceptors (Lipinski definition) is 5. The molecule has 2 heterocycles. The highest BCUT2D eigenvalue weighted by atomic mass is 19.1. The molecule has 3 N–H and O–H groups in total. The Morgan fingerprint density at radius 2 is 1.72 bits per heavy atom. The highest BCUT2D eigenvalue weighted by Gasteiger charge is 2.20. The van der Waals surface area contributed by atoms with Crippen LogP contribution in [0.25, 0.3) is 0 Å².